The fourth-order valence-electron chi connectivity index (χ4n) is 0.855. The van der Waals surface area contributed by atoms with Gasteiger partial charge in [0, 0.05) is 6.42 Å². The summed E-state index contributed by atoms with van der Waals surface area (Å²) in [7, 11) is 0. The molecule has 0 aliphatic carbocycles. The second-order valence-corrected chi connectivity index (χ2v) is 2.35. The van der Waals surface area contributed by atoms with Crippen LogP contribution in [-0.4, -0.2) is 12.1 Å². The van der Waals surface area contributed by atoms with E-state index in [9.17, 15) is 4.79 Å². The monoisotopic (exact) mass is 151 g/mol. The van der Waals surface area contributed by atoms with Crippen molar-refractivity contribution >= 4 is 6.08 Å². The minimum Gasteiger partial charge on any atom is -0.469 e. The Bertz CT molecular complexity index is 247. The smallest absolute Gasteiger partial charge is 0.235 e. The summed E-state index contributed by atoms with van der Waals surface area (Å²) in [6.07, 6.45) is 3.77. The third kappa shape index (κ3) is 2.40. The van der Waals surface area contributed by atoms with Gasteiger partial charge >= 0.3 is 0 Å². The Kier molecular flexibility index (Phi) is 2.64. The number of nitrogens with zero attached hydrogens (tertiary/aromatic N) is 1. The van der Waals surface area contributed by atoms with Gasteiger partial charge in [0.05, 0.1) is 12.3 Å². The van der Waals surface area contributed by atoms with Gasteiger partial charge in [0.2, 0.25) is 6.08 Å². The van der Waals surface area contributed by atoms with Crippen molar-refractivity contribution in [1.82, 2.24) is 0 Å². The maximum atomic E-state index is 9.82. The van der Waals surface area contributed by atoms with Gasteiger partial charge in [-0.2, -0.15) is 0 Å². The van der Waals surface area contributed by atoms with Crippen LogP contribution in [0.3, 0.4) is 0 Å². The average molecular weight is 151 g/mol. The van der Waals surface area contributed by atoms with Crippen LogP contribution in [0.4, 0.5) is 0 Å². The summed E-state index contributed by atoms with van der Waals surface area (Å²) in [5.41, 5.74) is 0. The number of rotatable bonds is 3. The standard InChI is InChI=1S/C8H9NO2/c1-7(9-6-10)5-8-3-2-4-11-8/h2-4,7H,5H2,1H3. The van der Waals surface area contributed by atoms with Crippen LogP contribution in [0.15, 0.2) is 27.8 Å². The summed E-state index contributed by atoms with van der Waals surface area (Å²) in [6.45, 7) is 1.84. The van der Waals surface area contributed by atoms with Gasteiger partial charge in [-0.1, -0.05) is 0 Å². The summed E-state index contributed by atoms with van der Waals surface area (Å²) in [4.78, 5) is 13.4. The molecule has 1 unspecified atom stereocenters. The van der Waals surface area contributed by atoms with Crippen LogP contribution in [0.2, 0.25) is 0 Å². The maximum absolute atomic E-state index is 9.82. The Morgan fingerprint density at radius 1 is 1.82 bits per heavy atom. The quantitative estimate of drug-likeness (QED) is 0.485. The first kappa shape index (κ1) is 7.76. The van der Waals surface area contributed by atoms with Gasteiger partial charge < -0.3 is 4.42 Å². The number of hydrogen-bond acceptors (Lipinski definition) is 3. The van der Waals surface area contributed by atoms with Crippen LogP contribution in [0.1, 0.15) is 12.7 Å². The van der Waals surface area contributed by atoms with Crippen molar-refractivity contribution in [3.63, 3.8) is 0 Å². The molecule has 0 amide bonds. The summed E-state index contributed by atoms with van der Waals surface area (Å²) < 4.78 is 5.06. The number of aliphatic imine (C=N–C) groups is 1. The van der Waals surface area contributed by atoms with Crippen LogP contribution < -0.4 is 0 Å². The SMILES string of the molecule is CC(Cc1ccco1)N=C=O. The largest absolute Gasteiger partial charge is 0.469 e. The highest BCUT2D eigenvalue weighted by atomic mass is 16.3. The highest BCUT2D eigenvalue weighted by molar-refractivity contribution is 5.33. The summed E-state index contributed by atoms with van der Waals surface area (Å²) in [6, 6.07) is 3.63. The van der Waals surface area contributed by atoms with Gasteiger partial charge in [0.15, 0.2) is 0 Å². The lowest BCUT2D eigenvalue weighted by atomic mass is 10.2. The van der Waals surface area contributed by atoms with Crippen LogP contribution >= 0.6 is 0 Å². The minimum atomic E-state index is -0.0429. The van der Waals surface area contributed by atoms with Crippen molar-refractivity contribution in [2.24, 2.45) is 4.99 Å². The van der Waals surface area contributed by atoms with E-state index in [-0.39, 0.29) is 6.04 Å². The summed E-state index contributed by atoms with van der Waals surface area (Å²) in [5, 5.41) is 0. The molecule has 11 heavy (non-hydrogen) atoms. The minimum absolute atomic E-state index is 0.0429. The molecule has 1 atom stereocenters. The second-order valence-electron chi connectivity index (χ2n) is 2.35. The Hall–Kier alpha value is -1.34. The summed E-state index contributed by atoms with van der Waals surface area (Å²) >= 11 is 0. The predicted molar refractivity (Wildman–Crippen MR) is 40.0 cm³/mol. The average Bonchev–Trinajstić information content (AvgIpc) is 2.40. The molecule has 1 rings (SSSR count). The molecule has 0 aliphatic rings. The molecule has 0 bridgehead atoms. The second kappa shape index (κ2) is 3.74. The van der Waals surface area contributed by atoms with Crippen LogP contribution in [-0.2, 0) is 11.2 Å². The summed E-state index contributed by atoms with van der Waals surface area (Å²) in [5.74, 6) is 0.844. The van der Waals surface area contributed by atoms with Gasteiger partial charge in [-0.15, -0.1) is 0 Å². The molecule has 0 saturated carbocycles. The molecule has 0 radical (unpaired) electrons. The van der Waals surface area contributed by atoms with Gasteiger partial charge in [-0.05, 0) is 19.1 Å². The molecule has 0 fully saturated rings. The molecule has 3 nitrogen and oxygen atoms in total. The van der Waals surface area contributed by atoms with E-state index in [1.165, 1.54) is 6.08 Å². The number of furan rings is 1. The van der Waals surface area contributed by atoms with Crippen LogP contribution in [0.25, 0.3) is 0 Å². The van der Waals surface area contributed by atoms with E-state index in [1.807, 2.05) is 19.1 Å². The van der Waals surface area contributed by atoms with Gasteiger partial charge in [0.25, 0.3) is 0 Å². The molecule has 0 N–H and O–H groups in total. The number of carbonyl (C=O) groups excluding carboxylic acids is 1. The van der Waals surface area contributed by atoms with Crippen molar-refractivity contribution in [3.8, 4) is 0 Å². The Labute approximate surface area is 64.7 Å². The molecule has 0 aromatic carbocycles. The van der Waals surface area contributed by atoms with Crippen molar-refractivity contribution in [2.75, 3.05) is 0 Å². The Morgan fingerprint density at radius 2 is 2.64 bits per heavy atom. The highest BCUT2D eigenvalue weighted by Gasteiger charge is 2.02. The van der Waals surface area contributed by atoms with Crippen LogP contribution in [0.5, 0.6) is 0 Å². The van der Waals surface area contributed by atoms with Gasteiger partial charge in [-0.25, -0.2) is 9.79 Å². The molecule has 1 aromatic heterocycles. The van der Waals surface area contributed by atoms with Gasteiger partial charge in [-0.3, -0.25) is 0 Å². The van der Waals surface area contributed by atoms with E-state index < -0.39 is 0 Å². The van der Waals surface area contributed by atoms with E-state index in [4.69, 9.17) is 4.42 Å². The van der Waals surface area contributed by atoms with Gasteiger partial charge in [0.1, 0.15) is 5.76 Å². The molecule has 1 heterocycles. The highest BCUT2D eigenvalue weighted by Crippen LogP contribution is 2.05. The molecule has 0 saturated heterocycles. The zero-order chi connectivity index (χ0) is 8.10. The number of isocyanates is 1. The zero-order valence-corrected chi connectivity index (χ0v) is 6.28. The van der Waals surface area contributed by atoms with E-state index in [1.54, 1.807) is 6.26 Å². The zero-order valence-electron chi connectivity index (χ0n) is 6.28. The van der Waals surface area contributed by atoms with Crippen molar-refractivity contribution in [3.05, 3.63) is 24.2 Å². The normalized spacial score (nSPS) is 12.1. The molecule has 0 aliphatic heterocycles. The van der Waals surface area contributed by atoms with E-state index in [0.717, 1.165) is 5.76 Å². The molecule has 0 spiro atoms. The molecule has 1 aromatic rings. The molecular formula is C8H9NO2. The number of hydrogen-bond donors (Lipinski definition) is 0. The third-order valence-electron chi connectivity index (χ3n) is 1.35. The van der Waals surface area contributed by atoms with E-state index in [0.29, 0.717) is 6.42 Å². The first-order valence-corrected chi connectivity index (χ1v) is 3.42. The first-order valence-electron chi connectivity index (χ1n) is 3.42. The molecule has 58 valence electrons. The lowest BCUT2D eigenvalue weighted by Crippen LogP contribution is -2.00. The maximum Gasteiger partial charge on any atom is 0.235 e. The predicted octanol–water partition coefficient (Wildman–Crippen LogP) is 1.55. The van der Waals surface area contributed by atoms with E-state index >= 15 is 0 Å². The topological polar surface area (TPSA) is 42.6 Å². The Balaban J connectivity index is 2.49. The lowest BCUT2D eigenvalue weighted by molar-refractivity contribution is 0.490. The Morgan fingerprint density at radius 3 is 3.18 bits per heavy atom. The first-order chi connectivity index (χ1) is 5.33. The van der Waals surface area contributed by atoms with Crippen molar-refractivity contribution in [1.29, 1.82) is 0 Å². The fraction of sp³-hybridized carbons (Fsp3) is 0.375. The van der Waals surface area contributed by atoms with Crippen LogP contribution in [0, 0.1) is 0 Å². The lowest BCUT2D eigenvalue weighted by Gasteiger charge is -1.98. The molecule has 3 heteroatoms. The molecular weight excluding hydrogens is 142 g/mol. The third-order valence-corrected chi connectivity index (χ3v) is 1.35. The van der Waals surface area contributed by atoms with Crippen molar-refractivity contribution in [2.45, 2.75) is 19.4 Å². The van der Waals surface area contributed by atoms with E-state index in [2.05, 4.69) is 4.99 Å². The fourth-order valence-corrected chi connectivity index (χ4v) is 0.855. The van der Waals surface area contributed by atoms with Crippen molar-refractivity contribution < 1.29 is 9.21 Å².